The van der Waals surface area contributed by atoms with Crippen LogP contribution in [0, 0.1) is 17.1 Å². The Bertz CT molecular complexity index is 539. The van der Waals surface area contributed by atoms with E-state index in [4.69, 9.17) is 10.00 Å². The topological polar surface area (TPSA) is 65.4 Å². The summed E-state index contributed by atoms with van der Waals surface area (Å²) in [5.74, 6) is -0.379. The lowest BCUT2D eigenvalue weighted by Gasteiger charge is -2.34. The number of hydrogen-bond donors (Lipinski definition) is 1. The Hall–Kier alpha value is -2.29. The molecule has 1 aromatic rings. The van der Waals surface area contributed by atoms with Gasteiger partial charge in [-0.25, -0.2) is 9.18 Å². The Morgan fingerprint density at radius 2 is 2.39 bits per heavy atom. The number of ether oxygens (including phenoxy) is 1. The number of halogens is 1. The summed E-state index contributed by atoms with van der Waals surface area (Å²) in [5.41, 5.74) is 0.298. The van der Waals surface area contributed by atoms with Gasteiger partial charge >= 0.3 is 6.03 Å². The first-order valence-electron chi connectivity index (χ1n) is 5.46. The number of nitrogens with one attached hydrogen (secondary N) is 1. The van der Waals surface area contributed by atoms with E-state index in [-0.39, 0.29) is 30.0 Å². The fourth-order valence-electron chi connectivity index (χ4n) is 1.89. The second-order valence-corrected chi connectivity index (χ2v) is 4.00. The third-order valence-corrected chi connectivity index (χ3v) is 2.78. The van der Waals surface area contributed by atoms with E-state index in [2.05, 4.69) is 5.32 Å². The fraction of sp³-hybridized carbons (Fsp3) is 0.333. The molecule has 2 amide bonds. The van der Waals surface area contributed by atoms with E-state index in [1.165, 1.54) is 18.0 Å². The molecule has 1 N–H and O–H groups in total. The van der Waals surface area contributed by atoms with Crippen LogP contribution in [0.5, 0.6) is 5.75 Å². The third-order valence-electron chi connectivity index (χ3n) is 2.78. The number of carbonyl (C=O) groups is 1. The third kappa shape index (κ3) is 1.84. The van der Waals surface area contributed by atoms with E-state index >= 15 is 0 Å². The summed E-state index contributed by atoms with van der Waals surface area (Å²) in [4.78, 5) is 13.3. The van der Waals surface area contributed by atoms with Crippen LogP contribution >= 0.6 is 0 Å². The second-order valence-electron chi connectivity index (χ2n) is 4.00. The number of nitrogens with zero attached hydrogens (tertiary/aromatic N) is 2. The van der Waals surface area contributed by atoms with Crippen LogP contribution in [0.15, 0.2) is 12.1 Å². The molecule has 1 aliphatic heterocycles. The Kier molecular flexibility index (Phi) is 3.06. The predicted octanol–water partition coefficient (Wildman–Crippen LogP) is 1.62. The van der Waals surface area contributed by atoms with Crippen LogP contribution in [-0.2, 0) is 0 Å². The summed E-state index contributed by atoms with van der Waals surface area (Å²) < 4.78 is 18.8. The van der Waals surface area contributed by atoms with Gasteiger partial charge in [0, 0.05) is 13.1 Å². The summed E-state index contributed by atoms with van der Waals surface area (Å²) >= 11 is 0. The Morgan fingerprint density at radius 1 is 1.67 bits per heavy atom. The molecule has 6 heteroatoms. The van der Waals surface area contributed by atoms with Crippen molar-refractivity contribution in [3.8, 4) is 11.8 Å². The fourth-order valence-corrected chi connectivity index (χ4v) is 1.89. The number of hydrogen-bond acceptors (Lipinski definition) is 3. The SMILES string of the molecule is CNC(=O)N1c2cc(C#N)c(F)cc2OCC1C. The molecule has 0 saturated heterocycles. The van der Waals surface area contributed by atoms with Crippen LogP contribution in [0.25, 0.3) is 0 Å². The van der Waals surface area contributed by atoms with E-state index in [1.54, 1.807) is 6.07 Å². The van der Waals surface area contributed by atoms with E-state index < -0.39 is 5.82 Å². The van der Waals surface area contributed by atoms with Gasteiger partial charge in [-0.05, 0) is 13.0 Å². The summed E-state index contributed by atoms with van der Waals surface area (Å²) in [6.45, 7) is 2.10. The maximum absolute atomic E-state index is 13.5. The molecule has 1 aliphatic rings. The molecule has 0 fully saturated rings. The molecule has 0 aromatic heterocycles. The van der Waals surface area contributed by atoms with Gasteiger partial charge in [0.1, 0.15) is 24.2 Å². The molecule has 0 radical (unpaired) electrons. The van der Waals surface area contributed by atoms with Gasteiger partial charge in [0.05, 0.1) is 17.3 Å². The molecule has 1 heterocycles. The van der Waals surface area contributed by atoms with Crippen molar-refractivity contribution in [3.05, 3.63) is 23.5 Å². The lowest BCUT2D eigenvalue weighted by atomic mass is 10.1. The molecule has 1 aromatic carbocycles. The lowest BCUT2D eigenvalue weighted by Crippen LogP contribution is -2.48. The summed E-state index contributed by atoms with van der Waals surface area (Å²) in [6.07, 6.45) is 0. The smallest absolute Gasteiger partial charge is 0.322 e. The van der Waals surface area contributed by atoms with Crippen LogP contribution in [-0.4, -0.2) is 25.7 Å². The molecule has 18 heavy (non-hydrogen) atoms. The highest BCUT2D eigenvalue weighted by molar-refractivity contribution is 5.94. The van der Waals surface area contributed by atoms with Crippen molar-refractivity contribution < 1.29 is 13.9 Å². The number of amides is 2. The zero-order valence-electron chi connectivity index (χ0n) is 10.0. The second kappa shape index (κ2) is 4.53. The van der Waals surface area contributed by atoms with Crippen molar-refractivity contribution >= 4 is 11.7 Å². The minimum absolute atomic E-state index is 0.111. The maximum Gasteiger partial charge on any atom is 0.322 e. The minimum atomic E-state index is -0.650. The lowest BCUT2D eigenvalue weighted by molar-refractivity contribution is 0.231. The Balaban J connectivity index is 2.55. The van der Waals surface area contributed by atoms with Crippen molar-refractivity contribution in [1.29, 1.82) is 5.26 Å². The molecule has 0 spiro atoms. The van der Waals surface area contributed by atoms with E-state index in [0.29, 0.717) is 5.69 Å². The van der Waals surface area contributed by atoms with E-state index in [9.17, 15) is 9.18 Å². The number of carbonyl (C=O) groups excluding carboxylic acids is 1. The summed E-state index contributed by atoms with van der Waals surface area (Å²) in [6, 6.07) is 3.71. The first kappa shape index (κ1) is 12.2. The van der Waals surface area contributed by atoms with Gasteiger partial charge in [0.15, 0.2) is 0 Å². The highest BCUT2D eigenvalue weighted by atomic mass is 19.1. The first-order chi connectivity index (χ1) is 8.58. The summed E-state index contributed by atoms with van der Waals surface area (Å²) in [7, 11) is 1.51. The quantitative estimate of drug-likeness (QED) is 0.759. The molecule has 1 atom stereocenters. The van der Waals surface area contributed by atoms with Gasteiger partial charge in [-0.2, -0.15) is 5.26 Å². The first-order valence-corrected chi connectivity index (χ1v) is 5.46. The Labute approximate surface area is 104 Å². The molecule has 94 valence electrons. The van der Waals surface area contributed by atoms with Gasteiger partial charge in [-0.15, -0.1) is 0 Å². The van der Waals surface area contributed by atoms with E-state index in [1.807, 2.05) is 6.92 Å². The van der Waals surface area contributed by atoms with Crippen molar-refractivity contribution in [3.63, 3.8) is 0 Å². The molecule has 0 aliphatic carbocycles. The maximum atomic E-state index is 13.5. The molecular formula is C12H12FN3O2. The van der Waals surface area contributed by atoms with Crippen molar-refractivity contribution in [2.45, 2.75) is 13.0 Å². The monoisotopic (exact) mass is 249 g/mol. The molecule has 1 unspecified atom stereocenters. The zero-order chi connectivity index (χ0) is 13.3. The molecule has 2 rings (SSSR count). The zero-order valence-corrected chi connectivity index (χ0v) is 10.0. The number of nitriles is 1. The molecule has 5 nitrogen and oxygen atoms in total. The van der Waals surface area contributed by atoms with Crippen molar-refractivity contribution in [2.24, 2.45) is 0 Å². The predicted molar refractivity (Wildman–Crippen MR) is 63.0 cm³/mol. The molecule has 0 bridgehead atoms. The van der Waals surface area contributed by atoms with Crippen LogP contribution in [0.4, 0.5) is 14.9 Å². The molecular weight excluding hydrogens is 237 g/mol. The highest BCUT2D eigenvalue weighted by Gasteiger charge is 2.30. The van der Waals surface area contributed by atoms with Gasteiger partial charge in [0.2, 0.25) is 0 Å². The van der Waals surface area contributed by atoms with Gasteiger partial charge < -0.3 is 10.1 Å². The van der Waals surface area contributed by atoms with Gasteiger partial charge in [0.25, 0.3) is 0 Å². The largest absolute Gasteiger partial charge is 0.489 e. The number of anilines is 1. The van der Waals surface area contributed by atoms with Crippen LogP contribution in [0.1, 0.15) is 12.5 Å². The number of urea groups is 1. The van der Waals surface area contributed by atoms with Crippen molar-refractivity contribution in [2.75, 3.05) is 18.6 Å². The highest BCUT2D eigenvalue weighted by Crippen LogP contribution is 2.35. The average molecular weight is 249 g/mol. The molecule has 0 saturated carbocycles. The van der Waals surface area contributed by atoms with Gasteiger partial charge in [-0.1, -0.05) is 0 Å². The normalized spacial score (nSPS) is 17.4. The van der Waals surface area contributed by atoms with Gasteiger partial charge in [-0.3, -0.25) is 4.90 Å². The number of benzene rings is 1. The standard InChI is InChI=1S/C12H12FN3O2/c1-7-6-18-11-4-9(13)8(5-14)3-10(11)16(7)12(17)15-2/h3-4,7H,6H2,1-2H3,(H,15,17). The average Bonchev–Trinajstić information content (AvgIpc) is 2.37. The Morgan fingerprint density at radius 3 is 3.00 bits per heavy atom. The number of rotatable bonds is 0. The van der Waals surface area contributed by atoms with Crippen molar-refractivity contribution in [1.82, 2.24) is 5.32 Å². The van der Waals surface area contributed by atoms with Crippen LogP contribution < -0.4 is 15.0 Å². The van der Waals surface area contributed by atoms with Crippen LogP contribution in [0.2, 0.25) is 0 Å². The van der Waals surface area contributed by atoms with Crippen LogP contribution in [0.3, 0.4) is 0 Å². The van der Waals surface area contributed by atoms with E-state index in [0.717, 1.165) is 6.07 Å². The minimum Gasteiger partial charge on any atom is -0.489 e. The number of fused-ring (bicyclic) bond motifs is 1. The summed E-state index contributed by atoms with van der Waals surface area (Å²) in [5, 5.41) is 11.3.